The highest BCUT2D eigenvalue weighted by atomic mass is 32.2. The summed E-state index contributed by atoms with van der Waals surface area (Å²) in [7, 11) is 0. The molecular formula is C7H15NOS2. The van der Waals surface area contributed by atoms with Gasteiger partial charge in [-0.05, 0) is 6.42 Å². The Morgan fingerprint density at radius 2 is 2.36 bits per heavy atom. The Morgan fingerprint density at radius 3 is 2.91 bits per heavy atom. The van der Waals surface area contributed by atoms with Gasteiger partial charge in [-0.15, -0.1) is 0 Å². The molecule has 0 aromatic carbocycles. The van der Waals surface area contributed by atoms with Gasteiger partial charge < -0.3 is 10.4 Å². The normalized spacial score (nSPS) is 9.64. The fourth-order valence-corrected chi connectivity index (χ4v) is 1.39. The Morgan fingerprint density at radius 1 is 1.64 bits per heavy atom. The Kier molecular flexibility index (Phi) is 8.45. The van der Waals surface area contributed by atoms with Crippen LogP contribution in [0.5, 0.6) is 0 Å². The van der Waals surface area contributed by atoms with E-state index in [1.807, 2.05) is 0 Å². The lowest BCUT2D eigenvalue weighted by Crippen LogP contribution is -2.19. The molecule has 2 nitrogen and oxygen atoms in total. The summed E-state index contributed by atoms with van der Waals surface area (Å²) in [4.78, 5) is 0. The van der Waals surface area contributed by atoms with Gasteiger partial charge in [0, 0.05) is 12.3 Å². The topological polar surface area (TPSA) is 32.3 Å². The minimum atomic E-state index is 0.195. The third-order valence-electron chi connectivity index (χ3n) is 1.12. The van der Waals surface area contributed by atoms with E-state index in [9.17, 15) is 0 Å². The van der Waals surface area contributed by atoms with E-state index in [-0.39, 0.29) is 6.61 Å². The molecule has 0 aromatic rings. The molecule has 4 heteroatoms. The zero-order valence-electron chi connectivity index (χ0n) is 6.80. The first kappa shape index (κ1) is 11.2. The van der Waals surface area contributed by atoms with E-state index in [1.54, 1.807) is 0 Å². The summed E-state index contributed by atoms with van der Waals surface area (Å²) in [6.45, 7) is 3.29. The molecule has 66 valence electrons. The van der Waals surface area contributed by atoms with Crippen molar-refractivity contribution >= 4 is 28.3 Å². The number of aliphatic hydroxyl groups is 1. The molecule has 0 spiro atoms. The average molecular weight is 193 g/mol. The van der Waals surface area contributed by atoms with E-state index in [2.05, 4.69) is 12.2 Å². The Labute approximate surface area is 77.8 Å². The minimum absolute atomic E-state index is 0.195. The molecule has 2 N–H and O–H groups in total. The van der Waals surface area contributed by atoms with Crippen LogP contribution in [0.25, 0.3) is 0 Å². The maximum atomic E-state index is 8.48. The predicted molar refractivity (Wildman–Crippen MR) is 55.1 cm³/mol. The van der Waals surface area contributed by atoms with Crippen molar-refractivity contribution in [2.24, 2.45) is 0 Å². The van der Waals surface area contributed by atoms with Crippen LogP contribution >= 0.6 is 24.0 Å². The first-order valence-corrected chi connectivity index (χ1v) is 5.22. The molecule has 11 heavy (non-hydrogen) atoms. The summed E-state index contributed by atoms with van der Waals surface area (Å²) in [5, 5.41) is 11.6. The molecule has 0 radical (unpaired) electrons. The fourth-order valence-electron chi connectivity index (χ4n) is 0.557. The minimum Gasteiger partial charge on any atom is -0.396 e. The molecule has 0 fully saturated rings. The number of nitrogens with one attached hydrogen (secondary N) is 1. The summed E-state index contributed by atoms with van der Waals surface area (Å²) in [6, 6.07) is 0. The number of thioether (sulfide) groups is 1. The lowest BCUT2D eigenvalue weighted by molar-refractivity contribution is 0.323. The number of hydrogen-bond donors (Lipinski definition) is 2. The Balaban J connectivity index is 3.09. The second kappa shape index (κ2) is 8.30. The molecule has 0 aliphatic heterocycles. The van der Waals surface area contributed by atoms with Crippen molar-refractivity contribution in [2.75, 3.05) is 18.9 Å². The molecule has 0 atom stereocenters. The number of thiocarbonyl (C=S) groups is 1. The fraction of sp³-hybridized carbons (Fsp3) is 0.857. The molecule has 0 aliphatic rings. The molecule has 0 unspecified atom stereocenters. The van der Waals surface area contributed by atoms with Crippen molar-refractivity contribution in [2.45, 2.75) is 19.8 Å². The van der Waals surface area contributed by atoms with E-state index in [0.717, 1.165) is 17.3 Å². The van der Waals surface area contributed by atoms with Gasteiger partial charge in [0.15, 0.2) is 0 Å². The number of rotatable bonds is 5. The van der Waals surface area contributed by atoms with Gasteiger partial charge in [-0.2, -0.15) is 0 Å². The molecule has 0 saturated heterocycles. The van der Waals surface area contributed by atoms with Gasteiger partial charge in [0.2, 0.25) is 0 Å². The monoisotopic (exact) mass is 193 g/mol. The molecule has 0 heterocycles. The Hall–Kier alpha value is 0.200. The SMILES string of the molecule is CCCCNC(=S)SCCO. The second-order valence-corrected chi connectivity index (χ2v) is 3.91. The van der Waals surface area contributed by atoms with Gasteiger partial charge in [0.25, 0.3) is 0 Å². The zero-order valence-corrected chi connectivity index (χ0v) is 8.43. The maximum Gasteiger partial charge on any atom is 0.133 e. The van der Waals surface area contributed by atoms with E-state index in [1.165, 1.54) is 18.2 Å². The lowest BCUT2D eigenvalue weighted by Gasteiger charge is -2.04. The summed E-state index contributed by atoms with van der Waals surface area (Å²) in [5.41, 5.74) is 0. The second-order valence-electron chi connectivity index (χ2n) is 2.14. The smallest absolute Gasteiger partial charge is 0.133 e. The third kappa shape index (κ3) is 8.10. The lowest BCUT2D eigenvalue weighted by atomic mass is 10.3. The molecule has 0 aromatic heterocycles. The van der Waals surface area contributed by atoms with Crippen LogP contribution in [0.4, 0.5) is 0 Å². The number of unbranched alkanes of at least 4 members (excludes halogenated alkanes) is 1. The zero-order chi connectivity index (χ0) is 8.53. The summed E-state index contributed by atoms with van der Waals surface area (Å²) >= 11 is 6.47. The molecule has 0 aliphatic carbocycles. The van der Waals surface area contributed by atoms with Crippen LogP contribution in [-0.4, -0.2) is 28.3 Å². The number of hydrogen-bond acceptors (Lipinski definition) is 3. The van der Waals surface area contributed by atoms with Crippen molar-refractivity contribution in [1.29, 1.82) is 0 Å². The van der Waals surface area contributed by atoms with E-state index >= 15 is 0 Å². The average Bonchev–Trinajstić information content (AvgIpc) is 2.01. The van der Waals surface area contributed by atoms with Crippen molar-refractivity contribution in [3.63, 3.8) is 0 Å². The molecule has 0 amide bonds. The first-order valence-electron chi connectivity index (χ1n) is 3.82. The summed E-state index contributed by atoms with van der Waals surface area (Å²) in [6.07, 6.45) is 2.33. The molecular weight excluding hydrogens is 178 g/mol. The van der Waals surface area contributed by atoms with Gasteiger partial charge in [0.1, 0.15) is 4.32 Å². The highest BCUT2D eigenvalue weighted by molar-refractivity contribution is 8.22. The van der Waals surface area contributed by atoms with Crippen molar-refractivity contribution in [1.82, 2.24) is 5.32 Å². The van der Waals surface area contributed by atoms with Gasteiger partial charge in [0.05, 0.1) is 6.61 Å². The van der Waals surface area contributed by atoms with E-state index in [0.29, 0.717) is 5.75 Å². The van der Waals surface area contributed by atoms with Crippen LogP contribution < -0.4 is 5.32 Å². The maximum absolute atomic E-state index is 8.48. The predicted octanol–water partition coefficient (Wildman–Crippen LogP) is 1.39. The van der Waals surface area contributed by atoms with Crippen LogP contribution in [-0.2, 0) is 0 Å². The third-order valence-corrected chi connectivity index (χ3v) is 2.42. The van der Waals surface area contributed by atoms with Crippen molar-refractivity contribution in [3.05, 3.63) is 0 Å². The first-order chi connectivity index (χ1) is 5.31. The van der Waals surface area contributed by atoms with Crippen LogP contribution in [0.15, 0.2) is 0 Å². The standard InChI is InChI=1S/C7H15NOS2/c1-2-3-4-8-7(10)11-6-5-9/h9H,2-6H2,1H3,(H,8,10). The largest absolute Gasteiger partial charge is 0.396 e. The van der Waals surface area contributed by atoms with E-state index < -0.39 is 0 Å². The molecule has 0 saturated carbocycles. The molecule has 0 rings (SSSR count). The van der Waals surface area contributed by atoms with Gasteiger partial charge in [-0.3, -0.25) is 0 Å². The van der Waals surface area contributed by atoms with Crippen LogP contribution in [0.3, 0.4) is 0 Å². The number of aliphatic hydroxyl groups excluding tert-OH is 1. The van der Waals surface area contributed by atoms with Crippen LogP contribution in [0, 0.1) is 0 Å². The van der Waals surface area contributed by atoms with Gasteiger partial charge in [-0.25, -0.2) is 0 Å². The summed E-state index contributed by atoms with van der Waals surface area (Å²) < 4.78 is 0.799. The highest BCUT2D eigenvalue weighted by Gasteiger charge is 1.93. The van der Waals surface area contributed by atoms with Gasteiger partial charge in [-0.1, -0.05) is 37.3 Å². The van der Waals surface area contributed by atoms with E-state index in [4.69, 9.17) is 17.3 Å². The van der Waals surface area contributed by atoms with Crippen LogP contribution in [0.2, 0.25) is 0 Å². The Bertz CT molecular complexity index is 109. The summed E-state index contributed by atoms with van der Waals surface area (Å²) in [5.74, 6) is 0.692. The van der Waals surface area contributed by atoms with Gasteiger partial charge >= 0.3 is 0 Å². The molecule has 0 bridgehead atoms. The highest BCUT2D eigenvalue weighted by Crippen LogP contribution is 2.00. The van der Waals surface area contributed by atoms with Crippen molar-refractivity contribution < 1.29 is 5.11 Å². The van der Waals surface area contributed by atoms with Crippen molar-refractivity contribution in [3.8, 4) is 0 Å². The quantitative estimate of drug-likeness (QED) is 0.510. The van der Waals surface area contributed by atoms with Crippen LogP contribution in [0.1, 0.15) is 19.8 Å².